The van der Waals surface area contributed by atoms with E-state index in [1.165, 1.54) is 6.07 Å². The Balaban J connectivity index is 1.70. The second-order valence-electron chi connectivity index (χ2n) is 9.28. The minimum absolute atomic E-state index is 0.0775. The summed E-state index contributed by atoms with van der Waals surface area (Å²) in [6.45, 7) is 4.05. The van der Waals surface area contributed by atoms with E-state index in [2.05, 4.69) is 0 Å². The number of hydrogen-bond acceptors (Lipinski definition) is 6. The molecule has 0 saturated carbocycles. The van der Waals surface area contributed by atoms with E-state index in [0.717, 1.165) is 34.9 Å². The molecule has 0 spiro atoms. The van der Waals surface area contributed by atoms with E-state index in [0.29, 0.717) is 35.6 Å². The summed E-state index contributed by atoms with van der Waals surface area (Å²) in [7, 11) is 0. The highest BCUT2D eigenvalue weighted by atomic mass is 19.1. The number of fused-ring (bicyclic) bond motifs is 5. The van der Waals surface area contributed by atoms with Crippen molar-refractivity contribution in [2.24, 2.45) is 5.73 Å². The van der Waals surface area contributed by atoms with Crippen LogP contribution in [-0.4, -0.2) is 27.2 Å². The first-order chi connectivity index (χ1) is 15.8. The highest BCUT2D eigenvalue weighted by molar-refractivity contribution is 5.93. The van der Waals surface area contributed by atoms with Crippen molar-refractivity contribution in [3.05, 3.63) is 61.7 Å². The Kier molecular flexibility index (Phi) is 4.17. The Hall–Kier alpha value is -3.10. The van der Waals surface area contributed by atoms with Crippen molar-refractivity contribution >= 4 is 16.9 Å². The lowest BCUT2D eigenvalue weighted by Crippen LogP contribution is -2.44. The number of halogens is 1. The van der Waals surface area contributed by atoms with E-state index in [1.807, 2.05) is 0 Å². The summed E-state index contributed by atoms with van der Waals surface area (Å²) in [5, 5.41) is 12.0. The highest BCUT2D eigenvalue weighted by Gasteiger charge is 2.45. The lowest BCUT2D eigenvalue weighted by Gasteiger charge is -2.31. The molecule has 2 aromatic heterocycles. The van der Waals surface area contributed by atoms with Gasteiger partial charge in [0.2, 0.25) is 0 Å². The van der Waals surface area contributed by atoms with Gasteiger partial charge in [-0.1, -0.05) is 6.92 Å². The molecule has 0 fully saturated rings. The lowest BCUT2D eigenvalue weighted by molar-refractivity contribution is -0.172. The van der Waals surface area contributed by atoms with Gasteiger partial charge in [-0.2, -0.15) is 0 Å². The Morgan fingerprint density at radius 2 is 2.09 bits per heavy atom. The maximum Gasteiger partial charge on any atom is 0.343 e. The van der Waals surface area contributed by atoms with Crippen molar-refractivity contribution in [2.45, 2.75) is 57.8 Å². The van der Waals surface area contributed by atoms with E-state index in [4.69, 9.17) is 15.5 Å². The monoisotopic (exact) mass is 449 g/mol. The summed E-state index contributed by atoms with van der Waals surface area (Å²) in [5.74, 6) is -0.975. The molecule has 0 saturated heterocycles. The van der Waals surface area contributed by atoms with Crippen LogP contribution in [0.15, 0.2) is 16.9 Å². The molecule has 2 aliphatic heterocycles. The summed E-state index contributed by atoms with van der Waals surface area (Å²) in [6, 6.07) is 3.14. The predicted molar refractivity (Wildman–Crippen MR) is 119 cm³/mol. The minimum atomic E-state index is -1.88. The fourth-order valence-electron chi connectivity index (χ4n) is 5.89. The number of nitrogens with zero attached hydrogens (tertiary/aromatic N) is 2. The summed E-state index contributed by atoms with van der Waals surface area (Å²) < 4.78 is 21.5. The number of cyclic esters (lactones) is 1. The van der Waals surface area contributed by atoms with E-state index in [9.17, 15) is 19.1 Å². The quantitative estimate of drug-likeness (QED) is 0.456. The molecule has 33 heavy (non-hydrogen) atoms. The molecule has 3 aliphatic rings. The molecule has 3 aromatic rings. The zero-order valence-electron chi connectivity index (χ0n) is 18.5. The van der Waals surface area contributed by atoms with Gasteiger partial charge in [-0.3, -0.25) is 4.79 Å². The van der Waals surface area contributed by atoms with Crippen LogP contribution in [0.25, 0.3) is 22.3 Å². The Morgan fingerprint density at radius 1 is 1.30 bits per heavy atom. The average Bonchev–Trinajstić information content (AvgIpc) is 3.18. The molecule has 6 rings (SSSR count). The van der Waals surface area contributed by atoms with Crippen LogP contribution in [0.1, 0.15) is 59.1 Å². The maximum absolute atomic E-state index is 14.8. The molecular weight excluding hydrogens is 425 g/mol. The molecule has 3 N–H and O–H groups in total. The molecule has 0 amide bonds. The average molecular weight is 449 g/mol. The number of nitrogens with two attached hydrogens (primary N) is 1. The van der Waals surface area contributed by atoms with Gasteiger partial charge in [0, 0.05) is 22.6 Å². The molecule has 2 atom stereocenters. The van der Waals surface area contributed by atoms with Crippen molar-refractivity contribution in [3.63, 3.8) is 0 Å². The number of carbonyl (C=O) groups excluding carboxylic acids is 1. The van der Waals surface area contributed by atoms with Crippen molar-refractivity contribution in [1.82, 2.24) is 9.55 Å². The van der Waals surface area contributed by atoms with Gasteiger partial charge in [0.05, 0.1) is 29.0 Å². The largest absolute Gasteiger partial charge is 0.458 e. The zero-order chi connectivity index (χ0) is 23.2. The number of esters is 1. The number of hydrogen-bond donors (Lipinski definition) is 2. The third kappa shape index (κ3) is 2.48. The smallest absolute Gasteiger partial charge is 0.343 e. The molecule has 0 bridgehead atoms. The zero-order valence-corrected chi connectivity index (χ0v) is 18.5. The molecular formula is C25H24FN3O4. The number of ether oxygens (including phenoxy) is 1. The third-order valence-corrected chi connectivity index (χ3v) is 7.78. The first kappa shape index (κ1) is 20.5. The van der Waals surface area contributed by atoms with Gasteiger partial charge >= 0.3 is 5.97 Å². The number of aliphatic hydroxyl groups is 1. The second-order valence-corrected chi connectivity index (χ2v) is 9.28. The van der Waals surface area contributed by atoms with Crippen molar-refractivity contribution in [1.29, 1.82) is 0 Å². The summed E-state index contributed by atoms with van der Waals surface area (Å²) in [4.78, 5) is 30.7. The van der Waals surface area contributed by atoms with Crippen LogP contribution in [0.5, 0.6) is 0 Å². The third-order valence-electron chi connectivity index (χ3n) is 7.78. The van der Waals surface area contributed by atoms with Crippen molar-refractivity contribution < 1.29 is 19.0 Å². The van der Waals surface area contributed by atoms with Crippen LogP contribution in [0, 0.1) is 12.7 Å². The SMILES string of the molecule is CC[C@@]1(O)C(=O)OCc2c1cc1n(c2=O)Cc2c-1nc1cc(F)c(C)c3c1c2C(CN)CC3. The normalized spacial score (nSPS) is 22.7. The van der Waals surface area contributed by atoms with Gasteiger partial charge in [0.15, 0.2) is 5.60 Å². The maximum atomic E-state index is 14.8. The molecule has 1 unspecified atom stereocenters. The van der Waals surface area contributed by atoms with Crippen molar-refractivity contribution in [2.75, 3.05) is 6.54 Å². The number of carbonyl (C=O) groups is 1. The summed E-state index contributed by atoms with van der Waals surface area (Å²) >= 11 is 0. The van der Waals surface area contributed by atoms with Gasteiger partial charge in [-0.15, -0.1) is 0 Å². The molecule has 1 aromatic carbocycles. The molecule has 4 heterocycles. The van der Waals surface area contributed by atoms with Crippen LogP contribution in [0.4, 0.5) is 4.39 Å². The molecule has 0 radical (unpaired) electrons. The van der Waals surface area contributed by atoms with Gasteiger partial charge in [0.25, 0.3) is 5.56 Å². The fourth-order valence-corrected chi connectivity index (χ4v) is 5.89. The Morgan fingerprint density at radius 3 is 2.82 bits per heavy atom. The molecule has 8 heteroatoms. The van der Waals surface area contributed by atoms with Crippen LogP contribution >= 0.6 is 0 Å². The molecule has 7 nitrogen and oxygen atoms in total. The van der Waals surface area contributed by atoms with Crippen LogP contribution < -0.4 is 11.3 Å². The molecule has 1 aliphatic carbocycles. The van der Waals surface area contributed by atoms with Gasteiger partial charge in [0.1, 0.15) is 12.4 Å². The first-order valence-electron chi connectivity index (χ1n) is 11.3. The number of aromatic nitrogens is 2. The van der Waals surface area contributed by atoms with Gasteiger partial charge in [-0.25, -0.2) is 14.2 Å². The number of rotatable bonds is 2. The van der Waals surface area contributed by atoms with E-state index >= 15 is 0 Å². The summed E-state index contributed by atoms with van der Waals surface area (Å²) in [5.41, 5.74) is 9.72. The number of pyridine rings is 2. The van der Waals surface area contributed by atoms with Gasteiger partial charge in [-0.05, 0) is 61.4 Å². The van der Waals surface area contributed by atoms with E-state index in [1.54, 1.807) is 24.5 Å². The Labute approximate surface area is 189 Å². The number of benzene rings is 1. The van der Waals surface area contributed by atoms with Crippen LogP contribution in [0.3, 0.4) is 0 Å². The van der Waals surface area contributed by atoms with Crippen LogP contribution in [-0.2, 0) is 34.7 Å². The first-order valence-corrected chi connectivity index (χ1v) is 11.3. The van der Waals surface area contributed by atoms with Crippen LogP contribution in [0.2, 0.25) is 0 Å². The fraction of sp³-hybridized carbons (Fsp3) is 0.400. The van der Waals surface area contributed by atoms with E-state index in [-0.39, 0.29) is 41.4 Å². The van der Waals surface area contributed by atoms with Crippen molar-refractivity contribution in [3.8, 4) is 11.4 Å². The van der Waals surface area contributed by atoms with Gasteiger partial charge < -0.3 is 20.1 Å². The van der Waals surface area contributed by atoms with E-state index < -0.39 is 11.6 Å². The Bertz CT molecular complexity index is 1460. The minimum Gasteiger partial charge on any atom is -0.458 e. The lowest BCUT2D eigenvalue weighted by atomic mass is 9.78. The number of aryl methyl sites for hydroxylation is 1. The highest BCUT2D eigenvalue weighted by Crippen LogP contribution is 2.46. The predicted octanol–water partition coefficient (Wildman–Crippen LogP) is 2.52. The standard InChI is InChI=1S/C25H24FN3O4/c1-3-25(32)16-6-19-22-14(9-29(19)23(30)15(16)10-33-24(25)31)20-12(8-27)4-5-13-11(2)17(26)7-18(28-22)21(13)20/h6-7,12,32H,3-5,8-10,27H2,1-2H3/t12?,25-/m0/s1. The summed E-state index contributed by atoms with van der Waals surface area (Å²) in [6.07, 6.45) is 1.62. The second kappa shape index (κ2) is 6.71. The molecule has 170 valence electrons. The topological polar surface area (TPSA) is 107 Å².